The molecule has 1 aromatic rings. The summed E-state index contributed by atoms with van der Waals surface area (Å²) in [5.74, 6) is 0.626. The van der Waals surface area contributed by atoms with Gasteiger partial charge in [0.15, 0.2) is 0 Å². The molecule has 0 aromatic heterocycles. The molecule has 1 aromatic carbocycles. The fourth-order valence-corrected chi connectivity index (χ4v) is 1.99. The highest BCUT2D eigenvalue weighted by molar-refractivity contribution is 5.21. The van der Waals surface area contributed by atoms with Crippen molar-refractivity contribution in [3.8, 4) is 0 Å². The summed E-state index contributed by atoms with van der Waals surface area (Å²) in [6.07, 6.45) is 2.18. The lowest BCUT2D eigenvalue weighted by Gasteiger charge is -2.31. The quantitative estimate of drug-likeness (QED) is 0.660. The zero-order valence-corrected chi connectivity index (χ0v) is 9.59. The van der Waals surface area contributed by atoms with Gasteiger partial charge >= 0.3 is 0 Å². The van der Waals surface area contributed by atoms with Crippen LogP contribution in [0.2, 0.25) is 0 Å². The maximum Gasteiger partial charge on any atom is -0.0113 e. The molecule has 1 rings (SSSR count). The molecule has 0 aliphatic rings. The minimum Gasteiger partial charge on any atom is -0.0622 e. The number of benzene rings is 1. The van der Waals surface area contributed by atoms with Crippen LogP contribution >= 0.6 is 0 Å². The topological polar surface area (TPSA) is 0 Å². The van der Waals surface area contributed by atoms with E-state index in [-0.39, 0.29) is 0 Å². The van der Waals surface area contributed by atoms with Gasteiger partial charge in [0.25, 0.3) is 0 Å². The van der Waals surface area contributed by atoms with Gasteiger partial charge in [0.1, 0.15) is 0 Å². The normalized spacial score (nSPS) is 14.0. The van der Waals surface area contributed by atoms with Gasteiger partial charge in [-0.15, -0.1) is 0 Å². The lowest BCUT2D eigenvalue weighted by molar-refractivity contribution is 0.306. The third kappa shape index (κ3) is 2.87. The molecule has 77 valence electrons. The van der Waals surface area contributed by atoms with Gasteiger partial charge in [-0.1, -0.05) is 64.4 Å². The number of rotatable bonds is 3. The Hall–Kier alpha value is -0.780. The van der Waals surface area contributed by atoms with E-state index >= 15 is 0 Å². The largest absolute Gasteiger partial charge is 0.0622 e. The molecule has 14 heavy (non-hydrogen) atoms. The molecule has 0 bridgehead atoms. The standard InChI is InChI=1S/C14H21/c1-5-9-13(14(2,3)4)12-10-7-6-8-11-12/h6-8,10-11,13H,1,5,9H2,2-4H3. The minimum absolute atomic E-state index is 0.332. The summed E-state index contributed by atoms with van der Waals surface area (Å²) in [7, 11) is 0. The van der Waals surface area contributed by atoms with Crippen LogP contribution in [0.25, 0.3) is 0 Å². The molecule has 0 N–H and O–H groups in total. The van der Waals surface area contributed by atoms with E-state index in [9.17, 15) is 0 Å². The zero-order valence-electron chi connectivity index (χ0n) is 9.59. The molecule has 1 unspecified atom stereocenters. The van der Waals surface area contributed by atoms with Crippen LogP contribution in [0.1, 0.15) is 45.1 Å². The molecule has 0 amide bonds. The lowest BCUT2D eigenvalue weighted by atomic mass is 9.74. The first-order chi connectivity index (χ1) is 6.55. The monoisotopic (exact) mass is 189 g/mol. The molecule has 0 saturated heterocycles. The van der Waals surface area contributed by atoms with Gasteiger partial charge in [0.05, 0.1) is 0 Å². The molecule has 1 radical (unpaired) electrons. The van der Waals surface area contributed by atoms with Crippen molar-refractivity contribution in [3.63, 3.8) is 0 Å². The first-order valence-electron chi connectivity index (χ1n) is 5.40. The second-order valence-corrected chi connectivity index (χ2v) is 4.97. The maximum atomic E-state index is 3.96. The van der Waals surface area contributed by atoms with Gasteiger partial charge in [0.2, 0.25) is 0 Å². The van der Waals surface area contributed by atoms with Crippen molar-refractivity contribution in [2.45, 2.75) is 39.5 Å². The highest BCUT2D eigenvalue weighted by Crippen LogP contribution is 2.38. The van der Waals surface area contributed by atoms with Crippen LogP contribution in [0.3, 0.4) is 0 Å². The van der Waals surface area contributed by atoms with E-state index in [1.54, 1.807) is 0 Å². The molecule has 0 aliphatic heterocycles. The zero-order chi connectivity index (χ0) is 10.6. The van der Waals surface area contributed by atoms with Gasteiger partial charge in [0, 0.05) is 0 Å². The van der Waals surface area contributed by atoms with Crippen LogP contribution in [-0.4, -0.2) is 0 Å². The Bertz CT molecular complexity index is 253. The lowest BCUT2D eigenvalue weighted by Crippen LogP contribution is -2.18. The fourth-order valence-electron chi connectivity index (χ4n) is 1.99. The third-order valence-corrected chi connectivity index (χ3v) is 2.74. The van der Waals surface area contributed by atoms with E-state index in [1.165, 1.54) is 12.0 Å². The predicted molar refractivity (Wildman–Crippen MR) is 63.2 cm³/mol. The summed E-state index contributed by atoms with van der Waals surface area (Å²) in [5, 5.41) is 0. The first kappa shape index (κ1) is 11.3. The Balaban J connectivity index is 2.89. The summed E-state index contributed by atoms with van der Waals surface area (Å²) >= 11 is 0. The van der Waals surface area contributed by atoms with Crippen molar-refractivity contribution >= 4 is 0 Å². The van der Waals surface area contributed by atoms with Gasteiger partial charge in [-0.05, 0) is 23.3 Å². The molecule has 0 saturated carbocycles. The highest BCUT2D eigenvalue weighted by atomic mass is 14.3. The van der Waals surface area contributed by atoms with E-state index in [2.05, 4.69) is 58.0 Å². The van der Waals surface area contributed by atoms with Crippen LogP contribution in [0, 0.1) is 12.3 Å². The second-order valence-electron chi connectivity index (χ2n) is 4.97. The van der Waals surface area contributed by atoms with Gasteiger partial charge in [-0.2, -0.15) is 0 Å². The van der Waals surface area contributed by atoms with Crippen molar-refractivity contribution in [3.05, 3.63) is 42.8 Å². The van der Waals surface area contributed by atoms with E-state index < -0.39 is 0 Å². The van der Waals surface area contributed by atoms with Crippen LogP contribution in [0.15, 0.2) is 30.3 Å². The fraction of sp³-hybridized carbons (Fsp3) is 0.500. The Kier molecular flexibility index (Phi) is 3.74. The number of hydrogen-bond acceptors (Lipinski definition) is 0. The first-order valence-corrected chi connectivity index (χ1v) is 5.40. The SMILES string of the molecule is [CH2]CCC(c1ccccc1)C(C)(C)C. The molecule has 0 nitrogen and oxygen atoms in total. The number of hydrogen-bond donors (Lipinski definition) is 0. The van der Waals surface area contributed by atoms with Crippen LogP contribution in [-0.2, 0) is 0 Å². The van der Waals surface area contributed by atoms with E-state index in [4.69, 9.17) is 0 Å². The summed E-state index contributed by atoms with van der Waals surface area (Å²) in [6, 6.07) is 10.8. The predicted octanol–water partition coefficient (Wildman–Crippen LogP) is 4.43. The molecular formula is C14H21. The molecule has 0 heteroatoms. The van der Waals surface area contributed by atoms with Crippen LogP contribution < -0.4 is 0 Å². The third-order valence-electron chi connectivity index (χ3n) is 2.74. The van der Waals surface area contributed by atoms with Crippen molar-refractivity contribution in [2.24, 2.45) is 5.41 Å². The average molecular weight is 189 g/mol. The van der Waals surface area contributed by atoms with E-state index in [0.717, 1.165) is 6.42 Å². The van der Waals surface area contributed by atoms with Crippen molar-refractivity contribution in [1.82, 2.24) is 0 Å². The van der Waals surface area contributed by atoms with E-state index in [1.807, 2.05) is 0 Å². The Morgan fingerprint density at radius 3 is 2.14 bits per heavy atom. The molecule has 1 atom stereocenters. The molecule has 0 heterocycles. The van der Waals surface area contributed by atoms with Gasteiger partial charge < -0.3 is 0 Å². The van der Waals surface area contributed by atoms with Gasteiger partial charge in [-0.3, -0.25) is 0 Å². The molecular weight excluding hydrogens is 168 g/mol. The molecule has 0 aliphatic carbocycles. The summed E-state index contributed by atoms with van der Waals surface area (Å²) in [6.45, 7) is 10.9. The Labute approximate surface area is 88.4 Å². The van der Waals surface area contributed by atoms with Crippen molar-refractivity contribution in [1.29, 1.82) is 0 Å². The maximum absolute atomic E-state index is 3.96. The summed E-state index contributed by atoms with van der Waals surface area (Å²) < 4.78 is 0. The smallest absolute Gasteiger partial charge is 0.0113 e. The summed E-state index contributed by atoms with van der Waals surface area (Å²) in [4.78, 5) is 0. The van der Waals surface area contributed by atoms with Crippen molar-refractivity contribution in [2.75, 3.05) is 0 Å². The minimum atomic E-state index is 0.332. The molecule has 0 fully saturated rings. The summed E-state index contributed by atoms with van der Waals surface area (Å²) in [5.41, 5.74) is 1.78. The van der Waals surface area contributed by atoms with Gasteiger partial charge in [-0.25, -0.2) is 0 Å². The van der Waals surface area contributed by atoms with Crippen LogP contribution in [0.4, 0.5) is 0 Å². The second kappa shape index (κ2) is 4.63. The van der Waals surface area contributed by atoms with Crippen molar-refractivity contribution < 1.29 is 0 Å². The highest BCUT2D eigenvalue weighted by Gasteiger charge is 2.24. The van der Waals surface area contributed by atoms with E-state index in [0.29, 0.717) is 11.3 Å². The average Bonchev–Trinajstić information content (AvgIpc) is 2.14. The Morgan fingerprint density at radius 1 is 1.14 bits per heavy atom. The Morgan fingerprint density at radius 2 is 1.71 bits per heavy atom. The van der Waals surface area contributed by atoms with Crippen LogP contribution in [0.5, 0.6) is 0 Å². The molecule has 0 spiro atoms.